The Hall–Kier alpha value is -0.850. The summed E-state index contributed by atoms with van der Waals surface area (Å²) in [6.45, 7) is 2.13. The predicted octanol–water partition coefficient (Wildman–Crippen LogP) is 2.88. The Bertz CT molecular complexity index is 258. The molecule has 0 bridgehead atoms. The Morgan fingerprint density at radius 3 is 2.67 bits per heavy atom. The molecule has 12 heavy (non-hydrogen) atoms. The fourth-order valence-corrected chi connectivity index (χ4v) is 1.93. The van der Waals surface area contributed by atoms with Crippen LogP contribution in [0.15, 0.2) is 23.3 Å². The number of carbonyl (C=O) groups excluding carboxylic acids is 1. The van der Waals surface area contributed by atoms with Crippen LogP contribution >= 0.6 is 0 Å². The molecule has 2 aliphatic carbocycles. The van der Waals surface area contributed by atoms with E-state index in [1.165, 1.54) is 5.57 Å². The SMILES string of the molecule is C.CC1CC(=O)C2=CCCC=C21. The van der Waals surface area contributed by atoms with Crippen molar-refractivity contribution in [1.82, 2.24) is 0 Å². The highest BCUT2D eigenvalue weighted by Gasteiger charge is 2.29. The molecule has 1 heteroatoms. The van der Waals surface area contributed by atoms with Gasteiger partial charge in [0.1, 0.15) is 0 Å². The minimum atomic E-state index is 0. The number of rotatable bonds is 0. The van der Waals surface area contributed by atoms with Crippen molar-refractivity contribution in [2.45, 2.75) is 33.6 Å². The van der Waals surface area contributed by atoms with E-state index in [0.29, 0.717) is 11.7 Å². The monoisotopic (exact) mass is 164 g/mol. The van der Waals surface area contributed by atoms with Crippen molar-refractivity contribution in [3.05, 3.63) is 23.3 Å². The lowest BCUT2D eigenvalue weighted by atomic mass is 9.96. The molecule has 1 fully saturated rings. The Labute approximate surface area is 74.2 Å². The van der Waals surface area contributed by atoms with Gasteiger partial charge in [-0.2, -0.15) is 0 Å². The quantitative estimate of drug-likeness (QED) is 0.538. The summed E-state index contributed by atoms with van der Waals surface area (Å²) < 4.78 is 0. The third-order valence-corrected chi connectivity index (χ3v) is 2.51. The molecule has 1 atom stereocenters. The molecule has 0 radical (unpaired) electrons. The Kier molecular flexibility index (Phi) is 2.51. The first-order chi connectivity index (χ1) is 5.29. The Morgan fingerprint density at radius 2 is 2.00 bits per heavy atom. The van der Waals surface area contributed by atoms with Crippen molar-refractivity contribution in [3.8, 4) is 0 Å². The van der Waals surface area contributed by atoms with Gasteiger partial charge in [-0.3, -0.25) is 4.79 Å². The van der Waals surface area contributed by atoms with Gasteiger partial charge < -0.3 is 0 Å². The highest BCUT2D eigenvalue weighted by atomic mass is 16.1. The normalized spacial score (nSPS) is 27.1. The molecule has 2 rings (SSSR count). The summed E-state index contributed by atoms with van der Waals surface area (Å²) in [6, 6.07) is 0. The van der Waals surface area contributed by atoms with E-state index in [0.717, 1.165) is 24.8 Å². The van der Waals surface area contributed by atoms with E-state index in [-0.39, 0.29) is 7.43 Å². The molecule has 0 aliphatic heterocycles. The van der Waals surface area contributed by atoms with E-state index < -0.39 is 0 Å². The van der Waals surface area contributed by atoms with Gasteiger partial charge in [0, 0.05) is 12.0 Å². The van der Waals surface area contributed by atoms with Crippen molar-refractivity contribution in [2.24, 2.45) is 5.92 Å². The summed E-state index contributed by atoms with van der Waals surface area (Å²) in [4.78, 5) is 11.3. The van der Waals surface area contributed by atoms with Crippen LogP contribution in [0, 0.1) is 5.92 Å². The molecule has 0 aromatic carbocycles. The van der Waals surface area contributed by atoms with E-state index in [4.69, 9.17) is 0 Å². The summed E-state index contributed by atoms with van der Waals surface area (Å²) in [5.74, 6) is 0.831. The number of Topliss-reactive ketones (excluding diaryl/α,β-unsaturated/α-hetero) is 1. The average molecular weight is 164 g/mol. The second-order valence-electron chi connectivity index (χ2n) is 3.38. The lowest BCUT2D eigenvalue weighted by Gasteiger charge is -2.08. The Balaban J connectivity index is 0.000000720. The van der Waals surface area contributed by atoms with Crippen LogP contribution in [0.5, 0.6) is 0 Å². The Morgan fingerprint density at radius 1 is 1.33 bits per heavy atom. The minimum Gasteiger partial charge on any atom is -0.294 e. The molecular formula is C11H16O. The van der Waals surface area contributed by atoms with Crippen molar-refractivity contribution in [2.75, 3.05) is 0 Å². The van der Waals surface area contributed by atoms with Crippen molar-refractivity contribution >= 4 is 5.78 Å². The van der Waals surface area contributed by atoms with E-state index in [2.05, 4.69) is 19.1 Å². The number of allylic oxidation sites excluding steroid dienone is 4. The van der Waals surface area contributed by atoms with Crippen molar-refractivity contribution in [1.29, 1.82) is 0 Å². The molecule has 0 aromatic rings. The van der Waals surface area contributed by atoms with Gasteiger partial charge in [0.2, 0.25) is 0 Å². The standard InChI is InChI=1S/C10H12O.CH4/c1-7-6-10(11)9-5-3-2-4-8(7)9;/h4-5,7H,2-3,6H2,1H3;1H4. The zero-order valence-corrected chi connectivity index (χ0v) is 6.76. The van der Waals surface area contributed by atoms with Crippen LogP contribution < -0.4 is 0 Å². The second-order valence-corrected chi connectivity index (χ2v) is 3.38. The van der Waals surface area contributed by atoms with Crippen LogP contribution in [0.2, 0.25) is 0 Å². The van der Waals surface area contributed by atoms with E-state index in [1.54, 1.807) is 0 Å². The van der Waals surface area contributed by atoms with Gasteiger partial charge >= 0.3 is 0 Å². The number of hydrogen-bond acceptors (Lipinski definition) is 1. The third-order valence-electron chi connectivity index (χ3n) is 2.51. The molecule has 0 N–H and O–H groups in total. The van der Waals surface area contributed by atoms with Crippen LogP contribution in [0.1, 0.15) is 33.6 Å². The molecule has 1 nitrogen and oxygen atoms in total. The summed E-state index contributed by atoms with van der Waals surface area (Å²) in [6.07, 6.45) is 7.23. The maximum atomic E-state index is 11.3. The van der Waals surface area contributed by atoms with Gasteiger partial charge in [-0.15, -0.1) is 0 Å². The number of carbonyl (C=O) groups is 1. The van der Waals surface area contributed by atoms with Gasteiger partial charge in [-0.05, 0) is 24.3 Å². The highest BCUT2D eigenvalue weighted by molar-refractivity contribution is 6.03. The van der Waals surface area contributed by atoms with Crippen molar-refractivity contribution < 1.29 is 4.79 Å². The highest BCUT2D eigenvalue weighted by Crippen LogP contribution is 2.35. The summed E-state index contributed by atoms with van der Waals surface area (Å²) in [7, 11) is 0. The zero-order valence-electron chi connectivity index (χ0n) is 6.76. The minimum absolute atomic E-state index is 0. The maximum absolute atomic E-state index is 11.3. The zero-order chi connectivity index (χ0) is 7.84. The van der Waals surface area contributed by atoms with Crippen LogP contribution in [-0.4, -0.2) is 5.78 Å². The third kappa shape index (κ3) is 1.24. The largest absolute Gasteiger partial charge is 0.294 e. The van der Waals surface area contributed by atoms with Crippen molar-refractivity contribution in [3.63, 3.8) is 0 Å². The molecule has 66 valence electrons. The fourth-order valence-electron chi connectivity index (χ4n) is 1.93. The lowest BCUT2D eigenvalue weighted by Crippen LogP contribution is -1.96. The number of ketones is 1. The first kappa shape index (κ1) is 9.24. The molecule has 0 amide bonds. The van der Waals surface area contributed by atoms with E-state index in [9.17, 15) is 4.79 Å². The summed E-state index contributed by atoms with van der Waals surface area (Å²) in [5.41, 5.74) is 2.32. The van der Waals surface area contributed by atoms with Crippen LogP contribution in [-0.2, 0) is 4.79 Å². The van der Waals surface area contributed by atoms with Gasteiger partial charge in [0.15, 0.2) is 5.78 Å². The molecule has 1 saturated carbocycles. The summed E-state index contributed by atoms with van der Waals surface area (Å²) >= 11 is 0. The maximum Gasteiger partial charge on any atom is 0.163 e. The average Bonchev–Trinajstić information content (AvgIpc) is 2.30. The lowest BCUT2D eigenvalue weighted by molar-refractivity contribution is -0.114. The first-order valence-electron chi connectivity index (χ1n) is 4.23. The first-order valence-corrected chi connectivity index (χ1v) is 4.23. The molecule has 1 unspecified atom stereocenters. The van der Waals surface area contributed by atoms with Crippen LogP contribution in [0.3, 0.4) is 0 Å². The van der Waals surface area contributed by atoms with E-state index >= 15 is 0 Å². The molecule has 2 aliphatic rings. The molecule has 0 heterocycles. The van der Waals surface area contributed by atoms with Gasteiger partial charge in [-0.25, -0.2) is 0 Å². The van der Waals surface area contributed by atoms with E-state index in [1.807, 2.05) is 0 Å². The molecular weight excluding hydrogens is 148 g/mol. The van der Waals surface area contributed by atoms with Gasteiger partial charge in [0.05, 0.1) is 0 Å². The molecule has 0 spiro atoms. The topological polar surface area (TPSA) is 17.1 Å². The van der Waals surface area contributed by atoms with Crippen LogP contribution in [0.25, 0.3) is 0 Å². The van der Waals surface area contributed by atoms with Gasteiger partial charge in [0.25, 0.3) is 0 Å². The smallest absolute Gasteiger partial charge is 0.163 e. The fraction of sp³-hybridized carbons (Fsp3) is 0.545. The molecule has 0 aromatic heterocycles. The van der Waals surface area contributed by atoms with Gasteiger partial charge in [-0.1, -0.05) is 26.5 Å². The predicted molar refractivity (Wildman–Crippen MR) is 50.9 cm³/mol. The number of fused-ring (bicyclic) bond motifs is 1. The van der Waals surface area contributed by atoms with Crippen LogP contribution in [0.4, 0.5) is 0 Å². The molecule has 0 saturated heterocycles. The second kappa shape index (κ2) is 3.26. The number of hydrogen-bond donors (Lipinski definition) is 0. The summed E-state index contributed by atoms with van der Waals surface area (Å²) in [5, 5.41) is 0.